The first-order valence-electron chi connectivity index (χ1n) is 6.18. The maximum absolute atomic E-state index is 13.2. The predicted octanol–water partition coefficient (Wildman–Crippen LogP) is 3.88. The maximum Gasteiger partial charge on any atom is 0.516 e. The Morgan fingerprint density at radius 3 is 2.76 bits per heavy atom. The van der Waals surface area contributed by atoms with Gasteiger partial charge in [-0.3, -0.25) is 0 Å². The van der Waals surface area contributed by atoms with Gasteiger partial charge in [-0.15, -0.1) is 0 Å². The van der Waals surface area contributed by atoms with E-state index in [0.29, 0.717) is 11.3 Å². The second-order valence-corrected chi connectivity index (χ2v) is 4.44. The van der Waals surface area contributed by atoms with Crippen molar-refractivity contribution in [2.45, 2.75) is 20.0 Å². The van der Waals surface area contributed by atoms with E-state index in [4.69, 9.17) is 19.2 Å². The van der Waals surface area contributed by atoms with Crippen LogP contribution in [0.15, 0.2) is 34.7 Å². The van der Waals surface area contributed by atoms with Gasteiger partial charge in [0.05, 0.1) is 11.7 Å². The highest BCUT2D eigenvalue weighted by Gasteiger charge is 2.13. The number of halogens is 1. The molecule has 5 nitrogen and oxygen atoms in total. The van der Waals surface area contributed by atoms with Crippen LogP contribution >= 0.6 is 0 Å². The lowest BCUT2D eigenvalue weighted by Crippen LogP contribution is -2.15. The van der Waals surface area contributed by atoms with Crippen LogP contribution < -0.4 is 4.74 Å². The second-order valence-electron chi connectivity index (χ2n) is 4.44. The average Bonchev–Trinajstić information content (AvgIpc) is 2.86. The van der Waals surface area contributed by atoms with E-state index in [1.165, 1.54) is 24.3 Å². The van der Waals surface area contributed by atoms with Crippen molar-refractivity contribution in [3.8, 4) is 23.3 Å². The van der Waals surface area contributed by atoms with Crippen molar-refractivity contribution in [1.82, 2.24) is 0 Å². The third-order valence-corrected chi connectivity index (χ3v) is 2.47. The number of hydrogen-bond donors (Lipinski definition) is 0. The molecule has 0 unspecified atom stereocenters. The molecule has 108 valence electrons. The van der Waals surface area contributed by atoms with Crippen LogP contribution in [0.5, 0.6) is 5.95 Å². The molecular weight excluding hydrogens is 277 g/mol. The van der Waals surface area contributed by atoms with Crippen LogP contribution in [0.1, 0.15) is 19.4 Å². The van der Waals surface area contributed by atoms with Gasteiger partial charge in [0.2, 0.25) is 0 Å². The lowest BCUT2D eigenvalue weighted by molar-refractivity contribution is 0.0659. The summed E-state index contributed by atoms with van der Waals surface area (Å²) in [5, 5.41) is 8.79. The molecule has 1 aromatic heterocycles. The Labute approximate surface area is 120 Å². The molecule has 0 saturated heterocycles. The van der Waals surface area contributed by atoms with Crippen molar-refractivity contribution in [1.29, 1.82) is 5.26 Å². The van der Waals surface area contributed by atoms with Gasteiger partial charge >= 0.3 is 6.16 Å². The number of furan rings is 1. The molecule has 0 aliphatic carbocycles. The molecule has 21 heavy (non-hydrogen) atoms. The summed E-state index contributed by atoms with van der Waals surface area (Å²) in [6.07, 6.45) is -1.18. The van der Waals surface area contributed by atoms with Gasteiger partial charge in [0.25, 0.3) is 5.95 Å². The molecule has 1 aromatic carbocycles. The smallest absolute Gasteiger partial charge is 0.431 e. The fourth-order valence-electron chi connectivity index (χ4n) is 1.59. The first-order valence-corrected chi connectivity index (χ1v) is 6.18. The highest BCUT2D eigenvalue weighted by atomic mass is 19.1. The van der Waals surface area contributed by atoms with Crippen LogP contribution in [0, 0.1) is 17.1 Å². The maximum atomic E-state index is 13.2. The predicted molar refractivity (Wildman–Crippen MR) is 71.1 cm³/mol. The number of benzene rings is 1. The second kappa shape index (κ2) is 6.09. The van der Waals surface area contributed by atoms with E-state index >= 15 is 0 Å². The van der Waals surface area contributed by atoms with Crippen LogP contribution in [0.25, 0.3) is 11.3 Å². The molecule has 0 atom stereocenters. The first-order chi connectivity index (χ1) is 9.99. The van der Waals surface area contributed by atoms with Gasteiger partial charge in [-0.25, -0.2) is 9.18 Å². The molecule has 2 aromatic rings. The van der Waals surface area contributed by atoms with Gasteiger partial charge in [-0.05, 0) is 38.1 Å². The minimum Gasteiger partial charge on any atom is -0.431 e. The van der Waals surface area contributed by atoms with Crippen molar-refractivity contribution in [2.75, 3.05) is 0 Å². The van der Waals surface area contributed by atoms with E-state index in [-0.39, 0.29) is 17.6 Å². The average molecular weight is 289 g/mol. The highest BCUT2D eigenvalue weighted by molar-refractivity contribution is 5.65. The number of ether oxygens (including phenoxy) is 2. The number of carbonyl (C=O) groups is 1. The molecule has 6 heteroatoms. The Bertz CT molecular complexity index is 700. The molecule has 0 bridgehead atoms. The van der Waals surface area contributed by atoms with Gasteiger partial charge in [-0.2, -0.15) is 5.26 Å². The fraction of sp³-hybridized carbons (Fsp3) is 0.200. The first kappa shape index (κ1) is 14.6. The van der Waals surface area contributed by atoms with Crippen molar-refractivity contribution in [3.63, 3.8) is 0 Å². The minimum atomic E-state index is -0.872. The van der Waals surface area contributed by atoms with Gasteiger partial charge in [0, 0.05) is 11.6 Å². The Morgan fingerprint density at radius 2 is 2.10 bits per heavy atom. The van der Waals surface area contributed by atoms with Gasteiger partial charge in [-0.1, -0.05) is 0 Å². The summed E-state index contributed by atoms with van der Waals surface area (Å²) in [5.41, 5.74) is 0.408. The Morgan fingerprint density at radius 1 is 1.33 bits per heavy atom. The van der Waals surface area contributed by atoms with Gasteiger partial charge in [0.1, 0.15) is 17.6 Å². The molecule has 0 radical (unpaired) electrons. The van der Waals surface area contributed by atoms with Crippen LogP contribution in [0.4, 0.5) is 9.18 Å². The molecule has 0 amide bonds. The van der Waals surface area contributed by atoms with Crippen molar-refractivity contribution in [2.24, 2.45) is 0 Å². The van der Waals surface area contributed by atoms with Gasteiger partial charge in [0.15, 0.2) is 0 Å². The molecule has 0 spiro atoms. The molecule has 0 fully saturated rings. The van der Waals surface area contributed by atoms with E-state index in [2.05, 4.69) is 0 Å². The zero-order valence-corrected chi connectivity index (χ0v) is 11.4. The van der Waals surface area contributed by atoms with Gasteiger partial charge < -0.3 is 13.9 Å². The monoisotopic (exact) mass is 289 g/mol. The summed E-state index contributed by atoms with van der Waals surface area (Å²) in [7, 11) is 0. The Kier molecular flexibility index (Phi) is 4.24. The topological polar surface area (TPSA) is 72.5 Å². The van der Waals surface area contributed by atoms with Crippen LogP contribution in [-0.2, 0) is 4.74 Å². The zero-order chi connectivity index (χ0) is 15.4. The molecule has 2 rings (SSSR count). The molecule has 0 saturated carbocycles. The lowest BCUT2D eigenvalue weighted by atomic mass is 10.1. The summed E-state index contributed by atoms with van der Waals surface area (Å²) in [4.78, 5) is 11.3. The van der Waals surface area contributed by atoms with E-state index < -0.39 is 12.0 Å². The number of carbonyl (C=O) groups excluding carboxylic acids is 1. The molecule has 1 heterocycles. The summed E-state index contributed by atoms with van der Waals surface area (Å²) in [6, 6.07) is 8.71. The fourth-order valence-corrected chi connectivity index (χ4v) is 1.59. The SMILES string of the molecule is CC(C)OC(=O)Oc1ccc(-c2ccc(F)c(C#N)c2)o1. The van der Waals surface area contributed by atoms with Crippen molar-refractivity contribution < 1.29 is 23.1 Å². The van der Waals surface area contributed by atoms with E-state index in [0.717, 1.165) is 0 Å². The van der Waals surface area contributed by atoms with Crippen LogP contribution in [-0.4, -0.2) is 12.3 Å². The number of nitriles is 1. The summed E-state index contributed by atoms with van der Waals surface area (Å²) in [5.74, 6) is -0.304. The zero-order valence-electron chi connectivity index (χ0n) is 11.4. The summed E-state index contributed by atoms with van der Waals surface area (Å²) in [6.45, 7) is 3.38. The number of nitrogens with zero attached hydrogens (tertiary/aromatic N) is 1. The van der Waals surface area contributed by atoms with Crippen LogP contribution in [0.2, 0.25) is 0 Å². The summed E-state index contributed by atoms with van der Waals surface area (Å²) >= 11 is 0. The Hall–Kier alpha value is -2.81. The number of hydrogen-bond acceptors (Lipinski definition) is 5. The molecule has 0 aliphatic rings. The standard InChI is InChI=1S/C15H12FNO4/c1-9(2)19-15(18)21-14-6-5-13(20-14)10-3-4-12(16)11(7-10)8-17/h3-7,9H,1-2H3. The van der Waals surface area contributed by atoms with Crippen molar-refractivity contribution in [3.05, 3.63) is 41.7 Å². The van der Waals surface area contributed by atoms with E-state index in [1.807, 2.05) is 0 Å². The Balaban J connectivity index is 2.17. The quantitative estimate of drug-likeness (QED) is 0.802. The van der Waals surface area contributed by atoms with Crippen LogP contribution in [0.3, 0.4) is 0 Å². The highest BCUT2D eigenvalue weighted by Crippen LogP contribution is 2.27. The number of rotatable bonds is 3. The largest absolute Gasteiger partial charge is 0.516 e. The molecule has 0 N–H and O–H groups in total. The normalized spacial score (nSPS) is 10.2. The molecular formula is C15H12FNO4. The third-order valence-electron chi connectivity index (χ3n) is 2.47. The van der Waals surface area contributed by atoms with E-state index in [9.17, 15) is 9.18 Å². The van der Waals surface area contributed by atoms with Crippen molar-refractivity contribution >= 4 is 6.16 Å². The summed E-state index contributed by atoms with van der Waals surface area (Å²) < 4.78 is 28.2. The lowest BCUT2D eigenvalue weighted by Gasteiger charge is -2.05. The third kappa shape index (κ3) is 3.60. The minimum absolute atomic E-state index is 0.0431. The molecule has 0 aliphatic heterocycles. The van der Waals surface area contributed by atoms with E-state index in [1.54, 1.807) is 26.0 Å².